The van der Waals surface area contributed by atoms with Crippen LogP contribution in [0.2, 0.25) is 25.7 Å². The summed E-state index contributed by atoms with van der Waals surface area (Å²) < 4.78 is 36.2. The molecule has 1 atom stereocenters. The quantitative estimate of drug-likeness (QED) is 0.423. The van der Waals surface area contributed by atoms with E-state index in [1.807, 2.05) is 6.92 Å². The Bertz CT molecular complexity index is 1280. The van der Waals surface area contributed by atoms with E-state index in [0.717, 1.165) is 11.6 Å². The summed E-state index contributed by atoms with van der Waals surface area (Å²) in [5.74, 6) is 1.24. The minimum atomic E-state index is -3.82. The Kier molecular flexibility index (Phi) is 7.19. The lowest BCUT2D eigenvalue weighted by molar-refractivity contribution is 0.169. The summed E-state index contributed by atoms with van der Waals surface area (Å²) in [5, 5.41) is 18.8. The van der Waals surface area contributed by atoms with Crippen molar-refractivity contribution in [2.45, 2.75) is 45.1 Å². The van der Waals surface area contributed by atoms with Crippen molar-refractivity contribution in [1.82, 2.24) is 29.7 Å². The van der Waals surface area contributed by atoms with Crippen molar-refractivity contribution < 1.29 is 18.3 Å². The summed E-state index contributed by atoms with van der Waals surface area (Å²) in [7, 11) is -5.42. The van der Waals surface area contributed by atoms with Crippen molar-refractivity contribution in [3.8, 4) is 17.3 Å². The van der Waals surface area contributed by atoms with Crippen LogP contribution in [-0.4, -0.2) is 76.8 Å². The van der Waals surface area contributed by atoms with Crippen LogP contribution in [0.5, 0.6) is 5.88 Å². The number of aryl methyl sites for hydroxylation is 2. The summed E-state index contributed by atoms with van der Waals surface area (Å²) in [5.41, 5.74) is 1.50. The van der Waals surface area contributed by atoms with Crippen LogP contribution in [0.1, 0.15) is 17.4 Å². The topological polar surface area (TPSA) is 136 Å². The highest BCUT2D eigenvalue weighted by molar-refractivity contribution is 7.92. The molecule has 0 radical (unpaired) electrons. The highest BCUT2D eigenvalue weighted by Crippen LogP contribution is 2.36. The molecule has 0 bridgehead atoms. The summed E-state index contributed by atoms with van der Waals surface area (Å²) in [4.78, 5) is 12.8. The molecule has 0 fully saturated rings. The van der Waals surface area contributed by atoms with Crippen molar-refractivity contribution in [1.29, 1.82) is 0 Å². The molecule has 0 aromatic carbocycles. The Morgan fingerprint density at radius 2 is 1.94 bits per heavy atom. The third kappa shape index (κ3) is 5.68. The number of aliphatic hydroxyl groups excluding tert-OH is 1. The van der Waals surface area contributed by atoms with E-state index in [0.29, 0.717) is 23.1 Å². The molecule has 11 nitrogen and oxygen atoms in total. The van der Waals surface area contributed by atoms with Gasteiger partial charge in [-0.1, -0.05) is 19.6 Å². The number of aliphatic hydroxyl groups is 1. The molecule has 4 heterocycles. The maximum Gasteiger partial charge on any atom is 0.241 e. The molecule has 4 rings (SSSR count). The molecule has 13 heteroatoms. The Hall–Kier alpha value is -2.90. The fraction of sp³-hybridized carbons (Fsp3) is 0.500. The second kappa shape index (κ2) is 9.99. The van der Waals surface area contributed by atoms with Gasteiger partial charge in [-0.3, -0.25) is 4.57 Å². The van der Waals surface area contributed by atoms with Crippen LogP contribution < -0.4 is 9.04 Å². The molecule has 1 N–H and O–H groups in total. The number of ether oxygens (including phenoxy) is 1. The zero-order chi connectivity index (χ0) is 25.2. The summed E-state index contributed by atoms with van der Waals surface area (Å²) in [6.45, 7) is 8.55. The van der Waals surface area contributed by atoms with Gasteiger partial charge in [0.05, 0.1) is 24.0 Å². The van der Waals surface area contributed by atoms with E-state index in [1.165, 1.54) is 4.31 Å². The fourth-order valence-electron chi connectivity index (χ4n) is 3.71. The molecule has 1 aliphatic rings. The molecule has 3 aromatic heterocycles. The lowest BCUT2D eigenvalue weighted by Gasteiger charge is -2.28. The van der Waals surface area contributed by atoms with Gasteiger partial charge in [0.2, 0.25) is 21.9 Å². The van der Waals surface area contributed by atoms with Crippen molar-refractivity contribution >= 4 is 24.0 Å². The average Bonchev–Trinajstić information content (AvgIpc) is 3.15. The minimum absolute atomic E-state index is 0.109. The van der Waals surface area contributed by atoms with Gasteiger partial charge in [-0.05, 0) is 30.7 Å². The molecule has 0 saturated carbocycles. The van der Waals surface area contributed by atoms with E-state index < -0.39 is 24.1 Å². The minimum Gasteiger partial charge on any atom is -0.475 e. The second-order valence-electron chi connectivity index (χ2n) is 9.82. The average molecular weight is 518 g/mol. The smallest absolute Gasteiger partial charge is 0.241 e. The lowest BCUT2D eigenvalue weighted by Crippen LogP contribution is -2.40. The van der Waals surface area contributed by atoms with Crippen LogP contribution in [0.3, 0.4) is 0 Å². The molecule has 0 spiro atoms. The first kappa shape index (κ1) is 25.2. The van der Waals surface area contributed by atoms with Crippen molar-refractivity contribution in [3.05, 3.63) is 42.1 Å². The van der Waals surface area contributed by atoms with Crippen LogP contribution >= 0.6 is 0 Å². The standard InChI is InChI=1S/C22H31N7O4SSi/c1-16-12-24-19(25-13-16)7-10-34(31,32)28(9-11-35(2,3)4)22-27-26-20-18-6-5-8-23-21(18)33-15-17(14-30)29(20)22/h5-6,8,12-13,17,30H,7,9-11,14-15H2,1-4H3/t17-/m0/s1. The monoisotopic (exact) mass is 517 g/mol. The highest BCUT2D eigenvalue weighted by Gasteiger charge is 2.35. The van der Waals surface area contributed by atoms with Gasteiger partial charge in [0, 0.05) is 39.6 Å². The molecule has 3 aromatic rings. The molecule has 0 unspecified atom stereocenters. The van der Waals surface area contributed by atoms with Gasteiger partial charge in [-0.2, -0.15) is 0 Å². The Labute approximate surface area is 206 Å². The molecule has 188 valence electrons. The molecular weight excluding hydrogens is 486 g/mol. The van der Waals surface area contributed by atoms with Gasteiger partial charge in [-0.25, -0.2) is 27.7 Å². The Balaban J connectivity index is 1.74. The number of rotatable bonds is 9. The van der Waals surface area contributed by atoms with Crippen molar-refractivity contribution in [2.24, 2.45) is 0 Å². The predicted octanol–water partition coefficient (Wildman–Crippen LogP) is 2.08. The number of aromatic nitrogens is 6. The maximum absolute atomic E-state index is 13.7. The van der Waals surface area contributed by atoms with Crippen LogP contribution in [-0.2, 0) is 16.4 Å². The van der Waals surface area contributed by atoms with Gasteiger partial charge >= 0.3 is 0 Å². The SMILES string of the molecule is Cc1cnc(CCS(=O)(=O)N(CC[Si](C)(C)C)c2nnc3n2[C@@H](CO)COc2ncccc2-3)nc1. The van der Waals surface area contributed by atoms with Gasteiger partial charge < -0.3 is 9.84 Å². The number of pyridine rings is 1. The maximum atomic E-state index is 13.7. The van der Waals surface area contributed by atoms with E-state index >= 15 is 0 Å². The van der Waals surface area contributed by atoms with E-state index in [-0.39, 0.29) is 37.9 Å². The van der Waals surface area contributed by atoms with Gasteiger partial charge in [0.1, 0.15) is 12.4 Å². The third-order valence-corrected chi connectivity index (χ3v) is 9.18. The lowest BCUT2D eigenvalue weighted by atomic mass is 10.2. The highest BCUT2D eigenvalue weighted by atomic mass is 32.2. The molecule has 35 heavy (non-hydrogen) atoms. The fourth-order valence-corrected chi connectivity index (χ4v) is 6.17. The van der Waals surface area contributed by atoms with Crippen LogP contribution in [0, 0.1) is 6.92 Å². The number of hydrogen-bond donors (Lipinski definition) is 1. The largest absolute Gasteiger partial charge is 0.475 e. The first-order valence-corrected chi connectivity index (χ1v) is 16.8. The first-order valence-electron chi connectivity index (χ1n) is 11.5. The van der Waals surface area contributed by atoms with Crippen molar-refractivity contribution in [2.75, 3.05) is 29.8 Å². The van der Waals surface area contributed by atoms with E-state index in [2.05, 4.69) is 44.8 Å². The number of fused-ring (bicyclic) bond motifs is 3. The zero-order valence-electron chi connectivity index (χ0n) is 20.4. The molecular formula is C22H31N7O4SSi. The summed E-state index contributed by atoms with van der Waals surface area (Å²) in [6, 6.07) is 3.70. The number of sulfonamides is 1. The second-order valence-corrected chi connectivity index (χ2v) is 17.5. The van der Waals surface area contributed by atoms with Crippen LogP contribution in [0.15, 0.2) is 30.7 Å². The van der Waals surface area contributed by atoms with Gasteiger partial charge in [0.15, 0.2) is 5.82 Å². The van der Waals surface area contributed by atoms with E-state index in [4.69, 9.17) is 4.74 Å². The first-order chi connectivity index (χ1) is 16.6. The summed E-state index contributed by atoms with van der Waals surface area (Å²) in [6.07, 6.45) is 5.13. The van der Waals surface area contributed by atoms with Gasteiger partial charge in [0.25, 0.3) is 0 Å². The van der Waals surface area contributed by atoms with E-state index in [9.17, 15) is 13.5 Å². The van der Waals surface area contributed by atoms with Gasteiger partial charge in [-0.15, -0.1) is 10.2 Å². The van der Waals surface area contributed by atoms with Crippen molar-refractivity contribution in [3.63, 3.8) is 0 Å². The summed E-state index contributed by atoms with van der Waals surface area (Å²) >= 11 is 0. The predicted molar refractivity (Wildman–Crippen MR) is 135 cm³/mol. The Morgan fingerprint density at radius 3 is 2.63 bits per heavy atom. The van der Waals surface area contributed by atoms with Crippen LogP contribution in [0.4, 0.5) is 5.95 Å². The molecule has 1 aliphatic heterocycles. The normalized spacial score (nSPS) is 15.6. The Morgan fingerprint density at radius 1 is 1.20 bits per heavy atom. The molecule has 0 amide bonds. The zero-order valence-corrected chi connectivity index (χ0v) is 22.2. The number of anilines is 1. The molecule has 0 saturated heterocycles. The third-order valence-electron chi connectivity index (χ3n) is 5.72. The number of nitrogens with zero attached hydrogens (tertiary/aromatic N) is 7. The number of hydrogen-bond acceptors (Lipinski definition) is 9. The van der Waals surface area contributed by atoms with Crippen LogP contribution in [0.25, 0.3) is 11.4 Å². The molecule has 0 aliphatic carbocycles. The van der Waals surface area contributed by atoms with E-state index in [1.54, 1.807) is 35.3 Å².